The van der Waals surface area contributed by atoms with E-state index in [2.05, 4.69) is 28.1 Å². The zero-order valence-electron chi connectivity index (χ0n) is 7.70. The Kier molecular flexibility index (Phi) is 3.94. The SMILES string of the molecule is C#CCC(C)NCc1cnccn1. The van der Waals surface area contributed by atoms with Gasteiger partial charge in [-0.2, -0.15) is 0 Å². The molecule has 0 aliphatic carbocycles. The summed E-state index contributed by atoms with van der Waals surface area (Å²) < 4.78 is 0. The lowest BCUT2D eigenvalue weighted by atomic mass is 10.2. The lowest BCUT2D eigenvalue weighted by Gasteiger charge is -2.09. The summed E-state index contributed by atoms with van der Waals surface area (Å²) in [5.74, 6) is 2.61. The van der Waals surface area contributed by atoms with Crippen molar-refractivity contribution in [1.82, 2.24) is 15.3 Å². The molecule has 0 aliphatic heterocycles. The third kappa shape index (κ3) is 3.68. The van der Waals surface area contributed by atoms with Crippen molar-refractivity contribution in [2.45, 2.75) is 25.9 Å². The quantitative estimate of drug-likeness (QED) is 0.693. The van der Waals surface area contributed by atoms with Crippen molar-refractivity contribution in [2.24, 2.45) is 0 Å². The minimum Gasteiger partial charge on any atom is -0.308 e. The molecule has 3 nitrogen and oxygen atoms in total. The summed E-state index contributed by atoms with van der Waals surface area (Å²) in [6, 6.07) is 0.326. The van der Waals surface area contributed by atoms with E-state index in [1.54, 1.807) is 18.6 Å². The highest BCUT2D eigenvalue weighted by atomic mass is 14.9. The van der Waals surface area contributed by atoms with Gasteiger partial charge in [0.2, 0.25) is 0 Å². The number of hydrogen-bond donors (Lipinski definition) is 1. The molecule has 0 bridgehead atoms. The van der Waals surface area contributed by atoms with Gasteiger partial charge in [-0.3, -0.25) is 9.97 Å². The van der Waals surface area contributed by atoms with Gasteiger partial charge >= 0.3 is 0 Å². The van der Waals surface area contributed by atoms with Gasteiger partial charge in [-0.15, -0.1) is 12.3 Å². The zero-order chi connectivity index (χ0) is 9.52. The number of aromatic nitrogens is 2. The van der Waals surface area contributed by atoms with Crippen LogP contribution in [0.25, 0.3) is 0 Å². The number of nitrogens with zero attached hydrogens (tertiary/aromatic N) is 2. The van der Waals surface area contributed by atoms with Gasteiger partial charge in [0.25, 0.3) is 0 Å². The molecular formula is C10H13N3. The Labute approximate surface area is 78.6 Å². The van der Waals surface area contributed by atoms with E-state index in [0.29, 0.717) is 6.04 Å². The summed E-state index contributed by atoms with van der Waals surface area (Å²) in [5, 5.41) is 3.25. The molecule has 1 atom stereocenters. The predicted molar refractivity (Wildman–Crippen MR) is 51.8 cm³/mol. The van der Waals surface area contributed by atoms with Gasteiger partial charge in [-0.25, -0.2) is 0 Å². The minimum atomic E-state index is 0.326. The van der Waals surface area contributed by atoms with E-state index in [-0.39, 0.29) is 0 Å². The van der Waals surface area contributed by atoms with Crippen LogP contribution in [0.1, 0.15) is 19.0 Å². The monoisotopic (exact) mass is 175 g/mol. The van der Waals surface area contributed by atoms with Crippen molar-refractivity contribution >= 4 is 0 Å². The van der Waals surface area contributed by atoms with Gasteiger partial charge in [-0.1, -0.05) is 0 Å². The maximum atomic E-state index is 5.18. The van der Waals surface area contributed by atoms with Crippen molar-refractivity contribution in [1.29, 1.82) is 0 Å². The molecule has 1 aromatic heterocycles. The Hall–Kier alpha value is -1.40. The zero-order valence-corrected chi connectivity index (χ0v) is 7.70. The van der Waals surface area contributed by atoms with Crippen LogP contribution in [0, 0.1) is 12.3 Å². The molecule has 0 amide bonds. The predicted octanol–water partition coefficient (Wildman–Crippen LogP) is 0.978. The first-order chi connectivity index (χ1) is 6.33. The molecule has 1 aromatic rings. The first-order valence-electron chi connectivity index (χ1n) is 4.24. The van der Waals surface area contributed by atoms with Crippen molar-refractivity contribution < 1.29 is 0 Å². The average molecular weight is 175 g/mol. The highest BCUT2D eigenvalue weighted by Gasteiger charge is 1.99. The molecule has 0 fully saturated rings. The summed E-state index contributed by atoms with van der Waals surface area (Å²) in [6.45, 7) is 2.77. The molecule has 0 radical (unpaired) electrons. The van der Waals surface area contributed by atoms with E-state index < -0.39 is 0 Å². The van der Waals surface area contributed by atoms with Crippen LogP contribution < -0.4 is 5.32 Å². The third-order valence-corrected chi connectivity index (χ3v) is 1.67. The molecule has 0 saturated heterocycles. The Morgan fingerprint density at radius 3 is 3.08 bits per heavy atom. The van der Waals surface area contributed by atoms with Gasteiger partial charge in [-0.05, 0) is 6.92 Å². The molecule has 0 aliphatic rings. The molecule has 3 heteroatoms. The van der Waals surface area contributed by atoms with E-state index >= 15 is 0 Å². The highest BCUT2D eigenvalue weighted by molar-refractivity contribution is 4.95. The highest BCUT2D eigenvalue weighted by Crippen LogP contribution is 1.93. The molecule has 1 heterocycles. The van der Waals surface area contributed by atoms with Crippen molar-refractivity contribution in [3.63, 3.8) is 0 Å². The largest absolute Gasteiger partial charge is 0.308 e. The summed E-state index contributed by atoms with van der Waals surface area (Å²) >= 11 is 0. The van der Waals surface area contributed by atoms with Crippen molar-refractivity contribution in [3.05, 3.63) is 24.3 Å². The second-order valence-electron chi connectivity index (χ2n) is 2.89. The summed E-state index contributed by atoms with van der Waals surface area (Å²) in [7, 11) is 0. The normalized spacial score (nSPS) is 12.0. The third-order valence-electron chi connectivity index (χ3n) is 1.67. The lowest BCUT2D eigenvalue weighted by molar-refractivity contribution is 0.552. The first-order valence-corrected chi connectivity index (χ1v) is 4.24. The molecule has 0 spiro atoms. The fourth-order valence-electron chi connectivity index (χ4n) is 0.949. The number of terminal acetylenes is 1. The van der Waals surface area contributed by atoms with Gasteiger partial charge in [0.15, 0.2) is 0 Å². The standard InChI is InChI=1S/C10H13N3/c1-3-4-9(2)13-8-10-7-11-5-6-12-10/h1,5-7,9,13H,4,8H2,2H3. The van der Waals surface area contributed by atoms with Crippen LogP contribution in [-0.2, 0) is 6.54 Å². The van der Waals surface area contributed by atoms with Crippen LogP contribution in [0.2, 0.25) is 0 Å². The molecular weight excluding hydrogens is 162 g/mol. The molecule has 0 saturated carbocycles. The summed E-state index contributed by atoms with van der Waals surface area (Å²) in [6.07, 6.45) is 11.0. The molecule has 1 rings (SSSR count). The molecule has 0 aromatic carbocycles. The van der Waals surface area contributed by atoms with E-state index in [9.17, 15) is 0 Å². The van der Waals surface area contributed by atoms with Crippen LogP contribution in [-0.4, -0.2) is 16.0 Å². The molecule has 1 N–H and O–H groups in total. The second-order valence-corrected chi connectivity index (χ2v) is 2.89. The maximum absolute atomic E-state index is 5.18. The van der Waals surface area contributed by atoms with E-state index in [4.69, 9.17) is 6.42 Å². The number of hydrogen-bond acceptors (Lipinski definition) is 3. The first kappa shape index (κ1) is 9.69. The Morgan fingerprint density at radius 1 is 1.62 bits per heavy atom. The smallest absolute Gasteiger partial charge is 0.0724 e. The Bertz CT molecular complexity index is 276. The Balaban J connectivity index is 2.32. The van der Waals surface area contributed by atoms with Gasteiger partial charge in [0.05, 0.1) is 5.69 Å². The fraction of sp³-hybridized carbons (Fsp3) is 0.400. The van der Waals surface area contributed by atoms with Crippen molar-refractivity contribution in [2.75, 3.05) is 0 Å². The van der Waals surface area contributed by atoms with Crippen LogP contribution in [0.5, 0.6) is 0 Å². The van der Waals surface area contributed by atoms with E-state index in [1.165, 1.54) is 0 Å². The van der Waals surface area contributed by atoms with E-state index in [0.717, 1.165) is 18.7 Å². The average Bonchev–Trinajstić information content (AvgIpc) is 2.17. The molecule has 13 heavy (non-hydrogen) atoms. The van der Waals surface area contributed by atoms with Crippen molar-refractivity contribution in [3.8, 4) is 12.3 Å². The van der Waals surface area contributed by atoms with Gasteiger partial charge in [0.1, 0.15) is 0 Å². The topological polar surface area (TPSA) is 37.8 Å². The van der Waals surface area contributed by atoms with E-state index in [1.807, 2.05) is 0 Å². The van der Waals surface area contributed by atoms with Crippen LogP contribution in [0.15, 0.2) is 18.6 Å². The summed E-state index contributed by atoms with van der Waals surface area (Å²) in [5.41, 5.74) is 0.936. The van der Waals surface area contributed by atoms with Crippen LogP contribution in [0.3, 0.4) is 0 Å². The van der Waals surface area contributed by atoms with Crippen LogP contribution >= 0.6 is 0 Å². The Morgan fingerprint density at radius 2 is 2.46 bits per heavy atom. The molecule has 68 valence electrons. The maximum Gasteiger partial charge on any atom is 0.0724 e. The summed E-state index contributed by atoms with van der Waals surface area (Å²) in [4.78, 5) is 8.10. The number of rotatable bonds is 4. The molecule has 1 unspecified atom stereocenters. The van der Waals surface area contributed by atoms with Gasteiger partial charge in [0, 0.05) is 37.6 Å². The fourth-order valence-corrected chi connectivity index (χ4v) is 0.949. The second kappa shape index (κ2) is 5.28. The number of nitrogens with one attached hydrogen (secondary N) is 1. The van der Waals surface area contributed by atoms with Crippen LogP contribution in [0.4, 0.5) is 0 Å². The lowest BCUT2D eigenvalue weighted by Crippen LogP contribution is -2.25. The van der Waals surface area contributed by atoms with Gasteiger partial charge < -0.3 is 5.32 Å². The minimum absolute atomic E-state index is 0.326.